The van der Waals surface area contributed by atoms with Crippen LogP contribution < -0.4 is 5.73 Å². The highest BCUT2D eigenvalue weighted by molar-refractivity contribution is 5.99. The number of unbranched alkanes of at least 4 members (excludes halogenated alkanes) is 1. The second kappa shape index (κ2) is 23.9. The molecule has 34 heavy (non-hydrogen) atoms. The van der Waals surface area contributed by atoms with Gasteiger partial charge in [0.05, 0.1) is 26.4 Å². The van der Waals surface area contributed by atoms with Gasteiger partial charge in [-0.3, -0.25) is 9.59 Å². The second-order valence-electron chi connectivity index (χ2n) is 8.01. The monoisotopic (exact) mass is 486 g/mol. The summed E-state index contributed by atoms with van der Waals surface area (Å²) in [6.07, 6.45) is 13.9. The fraction of sp³-hybridized carbons (Fsp3) is 0.769. The minimum Gasteiger partial charge on any atom is -0.438 e. The number of hydrogen-bond acceptors (Lipinski definition) is 6. The maximum Gasteiger partial charge on any atom is 0.507 e. The Labute approximate surface area is 207 Å². The number of amides is 1. The molecule has 1 saturated carbocycles. The molecule has 1 amide bonds. The molecule has 0 aromatic rings. The number of aliphatic imine (C=N–C) groups is 1. The largest absolute Gasteiger partial charge is 0.507 e. The highest BCUT2D eigenvalue weighted by Crippen LogP contribution is 2.29. The number of nitrogens with zero attached hydrogens (tertiary/aromatic N) is 1. The van der Waals surface area contributed by atoms with Crippen LogP contribution in [0.25, 0.3) is 0 Å². The summed E-state index contributed by atoms with van der Waals surface area (Å²) in [6, 6.07) is 0. The molecule has 2 aliphatic rings. The molecule has 1 aliphatic heterocycles. The standard InChI is InChI=1S/C9H18O.C8H14N2O.C5H8O.C3H6O3.CH4/c1-3-4-5-9-7-6-8(2)10-9;1-3-5-7(9)10-8(11)6-4-2;1-4(6)5-2-3-5;1-5-3(4)6-2;/h8-9H,3-7H2,1-2H3;3,5H,4,6H2,1-2H3,(H2,9,10,11);5H,2-3H2,1H3;1-2H3;1H4/b;5-3-;;;. The maximum absolute atomic E-state index is 10.8. The summed E-state index contributed by atoms with van der Waals surface area (Å²) in [6.45, 7) is 9.83. The number of rotatable bonds is 7. The highest BCUT2D eigenvalue weighted by Gasteiger charge is 2.25. The second-order valence-corrected chi connectivity index (χ2v) is 8.01. The van der Waals surface area contributed by atoms with Crippen molar-refractivity contribution in [2.24, 2.45) is 16.6 Å². The Balaban J connectivity index is -0.000000386. The fourth-order valence-electron chi connectivity index (χ4n) is 2.72. The van der Waals surface area contributed by atoms with Crippen LogP contribution in [0.3, 0.4) is 0 Å². The van der Waals surface area contributed by atoms with E-state index < -0.39 is 6.16 Å². The van der Waals surface area contributed by atoms with Gasteiger partial charge in [0.2, 0.25) is 5.91 Å². The molecule has 8 nitrogen and oxygen atoms in total. The highest BCUT2D eigenvalue weighted by atomic mass is 16.7. The molecule has 8 heteroatoms. The van der Waals surface area contributed by atoms with Crippen molar-refractivity contribution in [2.45, 2.75) is 112 Å². The molecule has 1 heterocycles. The van der Waals surface area contributed by atoms with E-state index in [1.54, 1.807) is 19.1 Å². The van der Waals surface area contributed by atoms with Gasteiger partial charge in [0.1, 0.15) is 11.6 Å². The van der Waals surface area contributed by atoms with Crippen LogP contribution in [0.2, 0.25) is 0 Å². The topological polar surface area (TPSA) is 117 Å². The summed E-state index contributed by atoms with van der Waals surface area (Å²) < 4.78 is 13.7. The third-order valence-corrected chi connectivity index (χ3v) is 4.74. The zero-order valence-electron chi connectivity index (χ0n) is 21.7. The van der Waals surface area contributed by atoms with Gasteiger partial charge in [-0.25, -0.2) is 4.79 Å². The van der Waals surface area contributed by atoms with Gasteiger partial charge in [0, 0.05) is 12.3 Å². The van der Waals surface area contributed by atoms with Crippen molar-refractivity contribution in [3.63, 3.8) is 0 Å². The number of ketones is 1. The van der Waals surface area contributed by atoms with Crippen molar-refractivity contribution < 1.29 is 28.6 Å². The van der Waals surface area contributed by atoms with E-state index in [1.165, 1.54) is 46.3 Å². The van der Waals surface area contributed by atoms with Crippen LogP contribution in [0.5, 0.6) is 0 Å². The molecule has 2 atom stereocenters. The van der Waals surface area contributed by atoms with Crippen LogP contribution in [0.4, 0.5) is 4.79 Å². The van der Waals surface area contributed by atoms with E-state index in [9.17, 15) is 14.4 Å². The lowest BCUT2D eigenvalue weighted by molar-refractivity contribution is -0.118. The third-order valence-electron chi connectivity index (χ3n) is 4.74. The van der Waals surface area contributed by atoms with E-state index in [-0.39, 0.29) is 19.2 Å². The number of hydrogen-bond donors (Lipinski definition) is 1. The molecule has 0 radical (unpaired) electrons. The predicted octanol–water partition coefficient (Wildman–Crippen LogP) is 6.01. The smallest absolute Gasteiger partial charge is 0.438 e. The number of methoxy groups -OCH3 is 2. The van der Waals surface area contributed by atoms with Gasteiger partial charge in [-0.15, -0.1) is 0 Å². The minimum atomic E-state index is -0.657. The third kappa shape index (κ3) is 24.4. The van der Waals surface area contributed by atoms with Crippen molar-refractivity contribution in [1.82, 2.24) is 0 Å². The van der Waals surface area contributed by atoms with E-state index in [4.69, 9.17) is 10.5 Å². The maximum atomic E-state index is 10.8. The lowest BCUT2D eigenvalue weighted by atomic mass is 10.1. The lowest BCUT2D eigenvalue weighted by Crippen LogP contribution is -2.10. The number of allylic oxidation sites excluding steroid dienone is 1. The van der Waals surface area contributed by atoms with Gasteiger partial charge in [-0.2, -0.15) is 4.99 Å². The molecule has 1 aliphatic carbocycles. The average Bonchev–Trinajstić information content (AvgIpc) is 3.55. The van der Waals surface area contributed by atoms with Gasteiger partial charge in [0.15, 0.2) is 0 Å². The number of carbonyl (C=O) groups is 3. The Morgan fingerprint density at radius 2 is 1.65 bits per heavy atom. The fourth-order valence-corrected chi connectivity index (χ4v) is 2.72. The van der Waals surface area contributed by atoms with Crippen molar-refractivity contribution >= 4 is 23.7 Å². The Kier molecular flexibility index (Phi) is 25.6. The SMILES string of the molecule is C.C/C=C\C(N)=NC(=O)CCC.CC(=O)C1CC1.CCCCC1CCC(C)O1.COC(=O)OC. The van der Waals surface area contributed by atoms with Crippen LogP contribution in [0.1, 0.15) is 99.8 Å². The van der Waals surface area contributed by atoms with Gasteiger partial charge in [-0.1, -0.05) is 40.2 Å². The van der Waals surface area contributed by atoms with E-state index in [0.717, 1.165) is 19.3 Å². The molecule has 0 aromatic carbocycles. The van der Waals surface area contributed by atoms with Crippen molar-refractivity contribution in [2.75, 3.05) is 14.2 Å². The molecule has 2 unspecified atom stereocenters. The van der Waals surface area contributed by atoms with Crippen molar-refractivity contribution in [3.05, 3.63) is 12.2 Å². The molecule has 0 aromatic heterocycles. The Morgan fingerprint density at radius 1 is 1.06 bits per heavy atom. The first kappa shape index (κ1) is 36.4. The predicted molar refractivity (Wildman–Crippen MR) is 139 cm³/mol. The normalized spacial score (nSPS) is 18.6. The molecule has 0 spiro atoms. The first-order valence-corrected chi connectivity index (χ1v) is 11.9. The number of Topliss-reactive ketones (excluding diaryl/α,β-unsaturated/α-hetero) is 1. The van der Waals surface area contributed by atoms with Gasteiger partial charge in [0.25, 0.3) is 0 Å². The van der Waals surface area contributed by atoms with Gasteiger partial charge >= 0.3 is 6.16 Å². The van der Waals surface area contributed by atoms with E-state index in [1.807, 2.05) is 13.8 Å². The first-order chi connectivity index (χ1) is 15.6. The molecule has 2 N–H and O–H groups in total. The summed E-state index contributed by atoms with van der Waals surface area (Å²) in [7, 11) is 2.51. The van der Waals surface area contributed by atoms with Gasteiger partial charge < -0.3 is 19.9 Å². The van der Waals surface area contributed by atoms with Gasteiger partial charge in [-0.05, 0) is 65.4 Å². The minimum absolute atomic E-state index is 0. The molecule has 1 saturated heterocycles. The van der Waals surface area contributed by atoms with Crippen molar-refractivity contribution in [1.29, 1.82) is 0 Å². The Morgan fingerprint density at radius 3 is 1.94 bits per heavy atom. The number of nitrogens with two attached hydrogens (primary N) is 1. The molecule has 2 fully saturated rings. The first-order valence-electron chi connectivity index (χ1n) is 11.9. The summed E-state index contributed by atoms with van der Waals surface area (Å²) in [5.41, 5.74) is 5.36. The molecule has 200 valence electrons. The number of carbonyl (C=O) groups excluding carboxylic acids is 3. The lowest BCUT2D eigenvalue weighted by Gasteiger charge is -2.08. The van der Waals surface area contributed by atoms with E-state index >= 15 is 0 Å². The molecule has 2 rings (SSSR count). The number of amidine groups is 1. The molecule has 0 bridgehead atoms. The number of ether oxygens (including phenoxy) is 3. The van der Waals surface area contributed by atoms with E-state index in [0.29, 0.717) is 30.3 Å². The van der Waals surface area contributed by atoms with Crippen LogP contribution in [0.15, 0.2) is 17.1 Å². The zero-order valence-corrected chi connectivity index (χ0v) is 21.7. The van der Waals surface area contributed by atoms with Crippen molar-refractivity contribution in [3.8, 4) is 0 Å². The summed E-state index contributed by atoms with van der Waals surface area (Å²) in [5, 5.41) is 0. The summed E-state index contributed by atoms with van der Waals surface area (Å²) >= 11 is 0. The zero-order chi connectivity index (χ0) is 25.6. The van der Waals surface area contributed by atoms with Crippen LogP contribution in [-0.4, -0.2) is 50.1 Å². The van der Waals surface area contributed by atoms with Crippen LogP contribution in [0, 0.1) is 5.92 Å². The molecular weight excluding hydrogens is 436 g/mol. The van der Waals surface area contributed by atoms with Crippen LogP contribution in [-0.2, 0) is 23.8 Å². The van der Waals surface area contributed by atoms with E-state index in [2.05, 4.69) is 28.3 Å². The summed E-state index contributed by atoms with van der Waals surface area (Å²) in [4.78, 5) is 34.4. The average molecular weight is 487 g/mol. The Hall–Kier alpha value is -2.22. The Bertz CT molecular complexity index is 592. The summed E-state index contributed by atoms with van der Waals surface area (Å²) in [5.74, 6) is 0.967. The molecular formula is C26H50N2O6. The van der Waals surface area contributed by atoms with Crippen LogP contribution >= 0.6 is 0 Å². The quantitative estimate of drug-likeness (QED) is 0.266.